The van der Waals surface area contributed by atoms with E-state index in [9.17, 15) is 18.8 Å². The van der Waals surface area contributed by atoms with E-state index in [2.05, 4.69) is 15.6 Å². The minimum Gasteiger partial charge on any atom is -0.496 e. The van der Waals surface area contributed by atoms with Gasteiger partial charge in [0.25, 0.3) is 0 Å². The highest BCUT2D eigenvalue weighted by Gasteiger charge is 2.56. The van der Waals surface area contributed by atoms with Gasteiger partial charge in [0.15, 0.2) is 0 Å². The van der Waals surface area contributed by atoms with Crippen LogP contribution in [-0.4, -0.2) is 40.2 Å². The molecule has 11 heteroatoms. The van der Waals surface area contributed by atoms with Crippen LogP contribution in [0, 0.1) is 11.2 Å². The van der Waals surface area contributed by atoms with E-state index < -0.39 is 34.7 Å². The van der Waals surface area contributed by atoms with Crippen molar-refractivity contribution in [2.45, 2.75) is 39.2 Å². The number of ether oxygens (including phenoxy) is 3. The van der Waals surface area contributed by atoms with Crippen LogP contribution >= 0.6 is 0 Å². The maximum absolute atomic E-state index is 13.2. The van der Waals surface area contributed by atoms with Crippen molar-refractivity contribution in [3.63, 3.8) is 0 Å². The van der Waals surface area contributed by atoms with E-state index in [-0.39, 0.29) is 0 Å². The first-order chi connectivity index (χ1) is 22.5. The molecule has 1 aliphatic rings. The van der Waals surface area contributed by atoms with E-state index in [1.165, 1.54) is 28.8 Å². The highest BCUT2D eigenvalue weighted by atomic mass is 19.1. The average Bonchev–Trinajstić information content (AvgIpc) is 3.71. The molecule has 240 valence electrons. The fourth-order valence-corrected chi connectivity index (χ4v) is 5.13. The maximum Gasteiger partial charge on any atom is 0.418 e. The van der Waals surface area contributed by atoms with E-state index in [1.807, 2.05) is 6.07 Å². The summed E-state index contributed by atoms with van der Waals surface area (Å²) in [5.74, 6) is 0.275. The van der Waals surface area contributed by atoms with Gasteiger partial charge in [0.2, 0.25) is 11.8 Å². The van der Waals surface area contributed by atoms with Crippen LogP contribution in [0.5, 0.6) is 17.2 Å². The topological polar surface area (TPSA) is 121 Å². The lowest BCUT2D eigenvalue weighted by Gasteiger charge is -2.21. The van der Waals surface area contributed by atoms with E-state index in [0.29, 0.717) is 63.6 Å². The number of amides is 2. The quantitative estimate of drug-likeness (QED) is 0.167. The second kappa shape index (κ2) is 12.2. The molecule has 0 aliphatic heterocycles. The number of hydrogen-bond acceptors (Lipinski definition) is 7. The van der Waals surface area contributed by atoms with Crippen molar-refractivity contribution in [3.8, 4) is 28.5 Å². The van der Waals surface area contributed by atoms with Gasteiger partial charge in [0, 0.05) is 40.8 Å². The Morgan fingerprint density at radius 3 is 2.11 bits per heavy atom. The molecule has 0 spiro atoms. The zero-order chi connectivity index (χ0) is 33.3. The summed E-state index contributed by atoms with van der Waals surface area (Å²) < 4.78 is 32.2. The number of rotatable bonds is 8. The second-order valence-corrected chi connectivity index (χ2v) is 12.2. The molecule has 0 radical (unpaired) electrons. The molecule has 47 heavy (non-hydrogen) atoms. The molecule has 2 aromatic heterocycles. The molecule has 0 bridgehead atoms. The lowest BCUT2D eigenvalue weighted by molar-refractivity contribution is -0.131. The summed E-state index contributed by atoms with van der Waals surface area (Å²) in [5, 5.41) is 6.21. The fraction of sp³-hybridized carbons (Fsp3) is 0.222. The predicted octanol–water partition coefficient (Wildman–Crippen LogP) is 7.78. The standard InChI is InChI=1S/C36H33FN4O6/c1-35(2,3)47-34(44)41-19-5-6-29(41)27-20-26-28(21-31(27)45-4)38-18-15-30(26)46-25-13-11-24(12-14-25)40-33(43)36(16-17-36)32(42)39-23-9-7-22(37)8-10-23/h5-15,18-21H,16-17H2,1-4H3,(H,39,42)(H,40,43). The number of nitrogens with zero attached hydrogens (tertiary/aromatic N) is 2. The minimum absolute atomic E-state index is 0.413. The molecular weight excluding hydrogens is 603 g/mol. The van der Waals surface area contributed by atoms with Gasteiger partial charge in [-0.1, -0.05) is 0 Å². The van der Waals surface area contributed by atoms with Crippen molar-refractivity contribution in [2.75, 3.05) is 17.7 Å². The Morgan fingerprint density at radius 2 is 1.51 bits per heavy atom. The second-order valence-electron chi connectivity index (χ2n) is 12.2. The smallest absolute Gasteiger partial charge is 0.418 e. The van der Waals surface area contributed by atoms with Crippen LogP contribution in [0.25, 0.3) is 22.2 Å². The molecule has 1 aliphatic carbocycles. The molecular formula is C36H33FN4O6. The number of aromatic nitrogens is 2. The third-order valence-corrected chi connectivity index (χ3v) is 7.70. The lowest BCUT2D eigenvalue weighted by atomic mass is 10.0. The summed E-state index contributed by atoms with van der Waals surface area (Å²) in [5.41, 5.74) is 0.907. The maximum atomic E-state index is 13.2. The number of carbonyl (C=O) groups is 3. The molecule has 5 aromatic rings. The SMILES string of the molecule is COc1cc2nccc(Oc3ccc(NC(=O)C4(C(=O)Nc5ccc(F)cc5)CC4)cc3)c2cc1-c1cccn1C(=O)OC(C)(C)C. The molecule has 6 rings (SSSR count). The summed E-state index contributed by atoms with van der Waals surface area (Å²) in [4.78, 5) is 43.5. The van der Waals surface area contributed by atoms with Crippen molar-refractivity contribution in [3.05, 3.63) is 97.1 Å². The summed E-state index contributed by atoms with van der Waals surface area (Å²) in [6, 6.07) is 21.1. The van der Waals surface area contributed by atoms with Gasteiger partial charge < -0.3 is 24.8 Å². The number of hydrogen-bond donors (Lipinski definition) is 2. The molecule has 1 saturated carbocycles. The Kier molecular flexibility index (Phi) is 8.14. The van der Waals surface area contributed by atoms with Crippen molar-refractivity contribution in [2.24, 2.45) is 5.41 Å². The number of halogens is 1. The van der Waals surface area contributed by atoms with Gasteiger partial charge in [-0.25, -0.2) is 9.18 Å². The highest BCUT2D eigenvalue weighted by molar-refractivity contribution is 6.16. The van der Waals surface area contributed by atoms with E-state index in [1.54, 1.807) is 88.8 Å². The average molecular weight is 637 g/mol. The summed E-state index contributed by atoms with van der Waals surface area (Å²) in [7, 11) is 1.55. The molecule has 2 heterocycles. The summed E-state index contributed by atoms with van der Waals surface area (Å²) in [6.45, 7) is 5.42. The molecule has 0 atom stereocenters. The van der Waals surface area contributed by atoms with Crippen LogP contribution in [0.2, 0.25) is 0 Å². The number of nitrogens with one attached hydrogen (secondary N) is 2. The number of carbonyl (C=O) groups excluding carboxylic acids is 3. The van der Waals surface area contributed by atoms with Crippen LogP contribution in [0.4, 0.5) is 20.6 Å². The number of anilines is 2. The summed E-state index contributed by atoms with van der Waals surface area (Å²) >= 11 is 0. The highest BCUT2D eigenvalue weighted by Crippen LogP contribution is 2.47. The Hall–Kier alpha value is -5.71. The zero-order valence-electron chi connectivity index (χ0n) is 26.3. The van der Waals surface area contributed by atoms with Crippen LogP contribution < -0.4 is 20.1 Å². The predicted molar refractivity (Wildman–Crippen MR) is 175 cm³/mol. The number of pyridine rings is 1. The summed E-state index contributed by atoms with van der Waals surface area (Å²) in [6.07, 6.45) is 3.57. The first kappa shape index (κ1) is 31.3. The van der Waals surface area contributed by atoms with Crippen molar-refractivity contribution in [1.82, 2.24) is 9.55 Å². The molecule has 2 N–H and O–H groups in total. The van der Waals surface area contributed by atoms with E-state index >= 15 is 0 Å². The van der Waals surface area contributed by atoms with Crippen LogP contribution in [0.1, 0.15) is 33.6 Å². The van der Waals surface area contributed by atoms with Gasteiger partial charge >= 0.3 is 6.09 Å². The fourth-order valence-electron chi connectivity index (χ4n) is 5.13. The third-order valence-electron chi connectivity index (χ3n) is 7.70. The van der Waals surface area contributed by atoms with Gasteiger partial charge in [0.1, 0.15) is 34.1 Å². The Balaban J connectivity index is 1.20. The van der Waals surface area contributed by atoms with E-state index in [0.717, 1.165) is 0 Å². The lowest BCUT2D eigenvalue weighted by Crippen LogP contribution is -2.35. The normalized spacial score (nSPS) is 13.5. The molecule has 2 amide bonds. The Bertz CT molecular complexity index is 1980. The number of methoxy groups -OCH3 is 1. The van der Waals surface area contributed by atoms with Gasteiger partial charge in [-0.15, -0.1) is 0 Å². The van der Waals surface area contributed by atoms with Crippen LogP contribution in [0.15, 0.2) is 91.3 Å². The first-order valence-electron chi connectivity index (χ1n) is 15.0. The molecule has 0 unspecified atom stereocenters. The van der Waals surface area contributed by atoms with E-state index in [4.69, 9.17) is 14.2 Å². The van der Waals surface area contributed by atoms with Gasteiger partial charge in [-0.2, -0.15) is 0 Å². The van der Waals surface area contributed by atoms with Gasteiger partial charge in [-0.3, -0.25) is 19.1 Å². The van der Waals surface area contributed by atoms with Crippen LogP contribution in [-0.2, 0) is 14.3 Å². The molecule has 0 saturated heterocycles. The molecule has 3 aromatic carbocycles. The monoisotopic (exact) mass is 636 g/mol. The first-order valence-corrected chi connectivity index (χ1v) is 15.0. The zero-order valence-corrected chi connectivity index (χ0v) is 26.3. The van der Waals surface area contributed by atoms with Gasteiger partial charge in [0.05, 0.1) is 18.3 Å². The number of fused-ring (bicyclic) bond motifs is 1. The Morgan fingerprint density at radius 1 is 0.872 bits per heavy atom. The largest absolute Gasteiger partial charge is 0.496 e. The van der Waals surface area contributed by atoms with Crippen LogP contribution in [0.3, 0.4) is 0 Å². The molecule has 10 nitrogen and oxygen atoms in total. The number of benzene rings is 3. The van der Waals surface area contributed by atoms with Crippen molar-refractivity contribution in [1.29, 1.82) is 0 Å². The van der Waals surface area contributed by atoms with Gasteiger partial charge in [-0.05, 0) is 106 Å². The Labute approximate surface area is 270 Å². The van der Waals surface area contributed by atoms with Crippen molar-refractivity contribution < 1.29 is 33.0 Å². The minimum atomic E-state index is -1.18. The van der Waals surface area contributed by atoms with Crippen molar-refractivity contribution >= 4 is 40.2 Å². The molecule has 1 fully saturated rings. The third kappa shape index (κ3) is 6.64.